The maximum Gasteiger partial charge on any atom is 0.269 e. The van der Waals surface area contributed by atoms with Crippen molar-refractivity contribution in [2.75, 3.05) is 19.5 Å². The van der Waals surface area contributed by atoms with E-state index in [4.69, 9.17) is 14.2 Å². The zero-order valence-corrected chi connectivity index (χ0v) is 15.3. The molecule has 3 amide bonds. The molecule has 2 aromatic carbocycles. The summed E-state index contributed by atoms with van der Waals surface area (Å²) in [5.41, 5.74) is 5.33. The fraction of sp³-hybridized carbons (Fsp3) is 0.211. The number of benzene rings is 2. The second-order valence-electron chi connectivity index (χ2n) is 5.90. The summed E-state index contributed by atoms with van der Waals surface area (Å²) < 4.78 is 15.8. The van der Waals surface area contributed by atoms with Gasteiger partial charge in [0.25, 0.3) is 11.8 Å². The van der Waals surface area contributed by atoms with Gasteiger partial charge in [-0.3, -0.25) is 25.2 Å². The summed E-state index contributed by atoms with van der Waals surface area (Å²) in [6.45, 7) is 0. The van der Waals surface area contributed by atoms with Gasteiger partial charge in [-0.25, -0.2) is 0 Å². The standard InChI is InChI=1S/C19H19N3O6/c1-26-12-7-11(8-13(9-12)27-2)18(24)22-21-17(23)10-16-19(25)20-14-5-3-4-6-15(14)28-16/h3-9,16H,10H2,1-2H3,(H,20,25)(H,21,23)(H,22,24)/t16-/m1/s1. The van der Waals surface area contributed by atoms with E-state index in [9.17, 15) is 14.4 Å². The molecule has 1 aliphatic rings. The molecule has 1 heterocycles. The number of carbonyl (C=O) groups is 3. The Morgan fingerprint density at radius 3 is 2.43 bits per heavy atom. The Bertz CT molecular complexity index is 892. The Balaban J connectivity index is 1.57. The number of methoxy groups -OCH3 is 2. The monoisotopic (exact) mass is 385 g/mol. The van der Waals surface area contributed by atoms with E-state index in [1.54, 1.807) is 30.3 Å². The van der Waals surface area contributed by atoms with Gasteiger partial charge in [-0.1, -0.05) is 12.1 Å². The van der Waals surface area contributed by atoms with Gasteiger partial charge in [0.2, 0.25) is 5.91 Å². The van der Waals surface area contributed by atoms with Gasteiger partial charge < -0.3 is 19.5 Å². The number of para-hydroxylation sites is 2. The average Bonchev–Trinajstić information content (AvgIpc) is 2.72. The van der Waals surface area contributed by atoms with Gasteiger partial charge >= 0.3 is 0 Å². The second-order valence-corrected chi connectivity index (χ2v) is 5.90. The van der Waals surface area contributed by atoms with E-state index in [-0.39, 0.29) is 12.0 Å². The minimum Gasteiger partial charge on any atom is -0.497 e. The Morgan fingerprint density at radius 1 is 1.07 bits per heavy atom. The molecule has 0 saturated heterocycles. The van der Waals surface area contributed by atoms with Crippen LogP contribution in [0.25, 0.3) is 0 Å². The van der Waals surface area contributed by atoms with E-state index in [2.05, 4.69) is 16.2 Å². The number of hydrogen-bond acceptors (Lipinski definition) is 6. The fourth-order valence-corrected chi connectivity index (χ4v) is 2.58. The highest BCUT2D eigenvalue weighted by Crippen LogP contribution is 2.29. The number of anilines is 1. The normalized spacial score (nSPS) is 14.8. The number of fused-ring (bicyclic) bond motifs is 1. The summed E-state index contributed by atoms with van der Waals surface area (Å²) in [6, 6.07) is 11.5. The van der Waals surface area contributed by atoms with Crippen molar-refractivity contribution in [1.82, 2.24) is 10.9 Å². The van der Waals surface area contributed by atoms with Crippen molar-refractivity contribution in [2.24, 2.45) is 0 Å². The van der Waals surface area contributed by atoms with Crippen molar-refractivity contribution in [2.45, 2.75) is 12.5 Å². The van der Waals surface area contributed by atoms with Crippen LogP contribution < -0.4 is 30.4 Å². The predicted molar refractivity (Wildman–Crippen MR) is 99.3 cm³/mol. The van der Waals surface area contributed by atoms with Crippen molar-refractivity contribution in [3.05, 3.63) is 48.0 Å². The summed E-state index contributed by atoms with van der Waals surface area (Å²) >= 11 is 0. The van der Waals surface area contributed by atoms with Crippen LogP contribution in [0, 0.1) is 0 Å². The smallest absolute Gasteiger partial charge is 0.269 e. The molecule has 0 aromatic heterocycles. The lowest BCUT2D eigenvalue weighted by atomic mass is 10.1. The molecule has 3 rings (SSSR count). The molecule has 28 heavy (non-hydrogen) atoms. The molecule has 9 nitrogen and oxygen atoms in total. The molecule has 9 heteroatoms. The van der Waals surface area contributed by atoms with E-state index in [0.29, 0.717) is 22.9 Å². The molecule has 2 aromatic rings. The average molecular weight is 385 g/mol. The number of rotatable bonds is 5. The number of carbonyl (C=O) groups excluding carboxylic acids is 3. The largest absolute Gasteiger partial charge is 0.497 e. The van der Waals surface area contributed by atoms with Crippen LogP contribution in [0.4, 0.5) is 5.69 Å². The van der Waals surface area contributed by atoms with Crippen molar-refractivity contribution in [3.63, 3.8) is 0 Å². The van der Waals surface area contributed by atoms with Gasteiger partial charge in [0.1, 0.15) is 17.2 Å². The molecular weight excluding hydrogens is 366 g/mol. The minimum absolute atomic E-state index is 0.233. The molecule has 3 N–H and O–H groups in total. The van der Waals surface area contributed by atoms with Gasteiger partial charge in [0, 0.05) is 11.6 Å². The highest BCUT2D eigenvalue weighted by atomic mass is 16.5. The van der Waals surface area contributed by atoms with Crippen molar-refractivity contribution in [1.29, 1.82) is 0 Å². The van der Waals surface area contributed by atoms with Crippen LogP contribution >= 0.6 is 0 Å². The molecule has 0 bridgehead atoms. The Labute approximate surface area is 160 Å². The van der Waals surface area contributed by atoms with Crippen LogP contribution in [0.5, 0.6) is 17.2 Å². The molecule has 1 aliphatic heterocycles. The zero-order valence-electron chi connectivity index (χ0n) is 15.3. The van der Waals surface area contributed by atoms with Crippen LogP contribution in [0.2, 0.25) is 0 Å². The predicted octanol–water partition coefficient (Wildman–Crippen LogP) is 1.25. The first-order valence-electron chi connectivity index (χ1n) is 8.39. The third-order valence-electron chi connectivity index (χ3n) is 4.01. The summed E-state index contributed by atoms with van der Waals surface area (Å²) in [5, 5.41) is 2.67. The summed E-state index contributed by atoms with van der Waals surface area (Å²) in [6.07, 6.45) is -1.26. The maximum absolute atomic E-state index is 12.3. The van der Waals surface area contributed by atoms with Crippen molar-refractivity contribution in [3.8, 4) is 17.2 Å². The topological polar surface area (TPSA) is 115 Å². The molecule has 0 aliphatic carbocycles. The van der Waals surface area contributed by atoms with E-state index in [0.717, 1.165) is 0 Å². The molecule has 0 fully saturated rings. The van der Waals surface area contributed by atoms with Gasteiger partial charge in [-0.15, -0.1) is 0 Å². The van der Waals surface area contributed by atoms with Crippen LogP contribution in [0.15, 0.2) is 42.5 Å². The molecule has 0 radical (unpaired) electrons. The number of ether oxygens (including phenoxy) is 3. The minimum atomic E-state index is -0.997. The number of hydrogen-bond donors (Lipinski definition) is 3. The second kappa shape index (κ2) is 8.30. The SMILES string of the molecule is COc1cc(OC)cc(C(=O)NNC(=O)C[C@H]2Oc3ccccc3NC2=O)c1. The lowest BCUT2D eigenvalue weighted by Gasteiger charge is -2.25. The number of nitrogens with one attached hydrogen (secondary N) is 3. The zero-order chi connectivity index (χ0) is 20.1. The van der Waals surface area contributed by atoms with Crippen LogP contribution in [-0.2, 0) is 9.59 Å². The summed E-state index contributed by atoms with van der Waals surface area (Å²) in [7, 11) is 2.93. The highest BCUT2D eigenvalue weighted by Gasteiger charge is 2.29. The van der Waals surface area contributed by atoms with Gasteiger partial charge in [0.05, 0.1) is 26.3 Å². The molecule has 0 saturated carbocycles. The van der Waals surface area contributed by atoms with E-state index < -0.39 is 23.8 Å². The summed E-state index contributed by atoms with van der Waals surface area (Å²) in [4.78, 5) is 36.4. The molecule has 0 unspecified atom stereocenters. The maximum atomic E-state index is 12.3. The Morgan fingerprint density at radius 2 is 1.75 bits per heavy atom. The highest BCUT2D eigenvalue weighted by molar-refractivity contribution is 6.00. The lowest BCUT2D eigenvalue weighted by Crippen LogP contribution is -2.46. The van der Waals surface area contributed by atoms with Gasteiger partial charge in [-0.2, -0.15) is 0 Å². The Kier molecular flexibility index (Phi) is 5.64. The molecule has 0 spiro atoms. The van der Waals surface area contributed by atoms with Crippen LogP contribution in [0.3, 0.4) is 0 Å². The lowest BCUT2D eigenvalue weighted by molar-refractivity contribution is -0.130. The first-order chi connectivity index (χ1) is 13.5. The van der Waals surface area contributed by atoms with Gasteiger partial charge in [-0.05, 0) is 24.3 Å². The molecular formula is C19H19N3O6. The Hall–Kier alpha value is -3.75. The van der Waals surface area contributed by atoms with Crippen molar-refractivity contribution < 1.29 is 28.6 Å². The summed E-state index contributed by atoms with van der Waals surface area (Å²) in [5.74, 6) is -0.235. The van der Waals surface area contributed by atoms with Gasteiger partial charge in [0.15, 0.2) is 6.10 Å². The first kappa shape index (κ1) is 19.0. The number of amides is 3. The molecule has 146 valence electrons. The van der Waals surface area contributed by atoms with E-state index in [1.165, 1.54) is 26.4 Å². The van der Waals surface area contributed by atoms with Crippen LogP contribution in [-0.4, -0.2) is 38.0 Å². The van der Waals surface area contributed by atoms with Crippen molar-refractivity contribution >= 4 is 23.4 Å². The third-order valence-corrected chi connectivity index (χ3v) is 4.01. The third kappa shape index (κ3) is 4.32. The number of hydrazine groups is 1. The fourth-order valence-electron chi connectivity index (χ4n) is 2.58. The first-order valence-corrected chi connectivity index (χ1v) is 8.39. The molecule has 1 atom stereocenters. The van der Waals surface area contributed by atoms with E-state index in [1.807, 2.05) is 0 Å². The van der Waals surface area contributed by atoms with E-state index >= 15 is 0 Å². The van der Waals surface area contributed by atoms with Crippen LogP contribution in [0.1, 0.15) is 16.8 Å². The quantitative estimate of drug-likeness (QED) is 0.668.